The quantitative estimate of drug-likeness (QED) is 0.921. The van der Waals surface area contributed by atoms with Crippen LogP contribution in [0.15, 0.2) is 22.7 Å². The highest BCUT2D eigenvalue weighted by Crippen LogP contribution is 2.26. The standard InChI is InChI=1S/C14H18BrN3/c1-8-10(3)17-18(11(8)4)14-6-5-12(15)7-13(14)9(2)16/h5-7,9H,16H2,1-4H3. The van der Waals surface area contributed by atoms with Crippen LogP contribution >= 0.6 is 15.9 Å². The average Bonchev–Trinajstić information content (AvgIpc) is 2.57. The van der Waals surface area contributed by atoms with Gasteiger partial charge in [0.2, 0.25) is 0 Å². The van der Waals surface area contributed by atoms with Gasteiger partial charge in [-0.15, -0.1) is 0 Å². The van der Waals surface area contributed by atoms with Crippen molar-refractivity contribution >= 4 is 15.9 Å². The van der Waals surface area contributed by atoms with E-state index in [1.54, 1.807) is 0 Å². The van der Waals surface area contributed by atoms with E-state index in [-0.39, 0.29) is 6.04 Å². The van der Waals surface area contributed by atoms with Gasteiger partial charge in [0.1, 0.15) is 0 Å². The lowest BCUT2D eigenvalue weighted by Crippen LogP contribution is -2.11. The minimum absolute atomic E-state index is 0.0262. The summed E-state index contributed by atoms with van der Waals surface area (Å²) in [5.74, 6) is 0. The van der Waals surface area contributed by atoms with E-state index in [1.165, 1.54) is 5.56 Å². The Morgan fingerprint density at radius 1 is 1.28 bits per heavy atom. The molecule has 0 aliphatic heterocycles. The SMILES string of the molecule is Cc1nn(-c2ccc(Br)cc2C(C)N)c(C)c1C. The predicted octanol–water partition coefficient (Wildman–Crippen LogP) is 3.58. The lowest BCUT2D eigenvalue weighted by atomic mass is 10.1. The number of hydrogen-bond donors (Lipinski definition) is 1. The summed E-state index contributed by atoms with van der Waals surface area (Å²) in [6.07, 6.45) is 0. The highest BCUT2D eigenvalue weighted by Gasteiger charge is 2.14. The lowest BCUT2D eigenvalue weighted by Gasteiger charge is -2.14. The Hall–Kier alpha value is -1.13. The molecule has 0 radical (unpaired) electrons. The summed E-state index contributed by atoms with van der Waals surface area (Å²) in [5.41, 5.74) is 11.7. The fourth-order valence-electron chi connectivity index (χ4n) is 2.04. The summed E-state index contributed by atoms with van der Waals surface area (Å²) in [6, 6.07) is 6.11. The van der Waals surface area contributed by atoms with Crippen LogP contribution in [0.2, 0.25) is 0 Å². The van der Waals surface area contributed by atoms with Crippen LogP contribution in [-0.4, -0.2) is 9.78 Å². The van der Waals surface area contributed by atoms with Gasteiger partial charge >= 0.3 is 0 Å². The van der Waals surface area contributed by atoms with Gasteiger partial charge in [-0.3, -0.25) is 0 Å². The second-order valence-corrected chi connectivity index (χ2v) is 5.62. The molecular weight excluding hydrogens is 290 g/mol. The molecule has 1 heterocycles. The molecule has 96 valence electrons. The van der Waals surface area contributed by atoms with Crippen LogP contribution in [0.25, 0.3) is 5.69 Å². The number of nitrogens with two attached hydrogens (primary N) is 1. The summed E-state index contributed by atoms with van der Waals surface area (Å²) >= 11 is 3.49. The predicted molar refractivity (Wildman–Crippen MR) is 78.1 cm³/mol. The van der Waals surface area contributed by atoms with Gasteiger partial charge in [-0.05, 0) is 57.0 Å². The average molecular weight is 308 g/mol. The van der Waals surface area contributed by atoms with Gasteiger partial charge in [0, 0.05) is 16.2 Å². The van der Waals surface area contributed by atoms with Crippen molar-refractivity contribution in [2.45, 2.75) is 33.7 Å². The monoisotopic (exact) mass is 307 g/mol. The topological polar surface area (TPSA) is 43.8 Å². The van der Waals surface area contributed by atoms with Crippen molar-refractivity contribution in [1.29, 1.82) is 0 Å². The van der Waals surface area contributed by atoms with Gasteiger partial charge in [0.05, 0.1) is 11.4 Å². The molecule has 1 atom stereocenters. The molecule has 18 heavy (non-hydrogen) atoms. The molecule has 0 fully saturated rings. The summed E-state index contributed by atoms with van der Waals surface area (Å²) in [4.78, 5) is 0. The summed E-state index contributed by atoms with van der Waals surface area (Å²) < 4.78 is 3.02. The highest BCUT2D eigenvalue weighted by atomic mass is 79.9. The molecule has 2 aromatic rings. The minimum Gasteiger partial charge on any atom is -0.324 e. The normalized spacial score (nSPS) is 12.8. The highest BCUT2D eigenvalue weighted by molar-refractivity contribution is 9.10. The maximum Gasteiger partial charge on any atom is 0.0697 e. The molecule has 0 aliphatic carbocycles. The second kappa shape index (κ2) is 4.86. The number of rotatable bonds is 2. The first kappa shape index (κ1) is 13.3. The molecule has 1 aromatic carbocycles. The number of aromatic nitrogens is 2. The van der Waals surface area contributed by atoms with Crippen LogP contribution in [-0.2, 0) is 0 Å². The zero-order valence-electron chi connectivity index (χ0n) is 11.2. The molecule has 0 aliphatic rings. The Morgan fingerprint density at radius 3 is 2.44 bits per heavy atom. The molecule has 0 bridgehead atoms. The summed E-state index contributed by atoms with van der Waals surface area (Å²) in [7, 11) is 0. The minimum atomic E-state index is -0.0262. The zero-order valence-corrected chi connectivity index (χ0v) is 12.7. The van der Waals surface area contributed by atoms with Crippen LogP contribution < -0.4 is 5.73 Å². The number of aryl methyl sites for hydroxylation is 1. The van der Waals surface area contributed by atoms with E-state index in [9.17, 15) is 0 Å². The first-order chi connectivity index (χ1) is 8.41. The molecule has 1 aromatic heterocycles. The van der Waals surface area contributed by atoms with Crippen LogP contribution in [0.3, 0.4) is 0 Å². The Labute approximate surface area is 116 Å². The third-order valence-electron chi connectivity index (χ3n) is 3.36. The van der Waals surface area contributed by atoms with E-state index in [1.807, 2.05) is 24.6 Å². The first-order valence-electron chi connectivity index (χ1n) is 6.00. The largest absolute Gasteiger partial charge is 0.324 e. The van der Waals surface area contributed by atoms with Crippen LogP contribution in [0.1, 0.15) is 35.5 Å². The third kappa shape index (κ3) is 2.22. The van der Waals surface area contributed by atoms with E-state index in [2.05, 4.69) is 47.0 Å². The van der Waals surface area contributed by atoms with Crippen LogP contribution in [0, 0.1) is 20.8 Å². The molecule has 2 N–H and O–H groups in total. The zero-order chi connectivity index (χ0) is 13.4. The van der Waals surface area contributed by atoms with Gasteiger partial charge in [-0.25, -0.2) is 4.68 Å². The van der Waals surface area contributed by atoms with E-state index < -0.39 is 0 Å². The third-order valence-corrected chi connectivity index (χ3v) is 3.85. The van der Waals surface area contributed by atoms with Crippen molar-refractivity contribution in [1.82, 2.24) is 9.78 Å². The molecule has 4 heteroatoms. The first-order valence-corrected chi connectivity index (χ1v) is 6.79. The molecule has 0 amide bonds. The van der Waals surface area contributed by atoms with Crippen molar-refractivity contribution in [3.8, 4) is 5.69 Å². The van der Waals surface area contributed by atoms with E-state index in [0.29, 0.717) is 0 Å². The number of halogens is 1. The van der Waals surface area contributed by atoms with Gasteiger partial charge in [0.15, 0.2) is 0 Å². The van der Waals surface area contributed by atoms with Gasteiger partial charge in [-0.2, -0.15) is 5.10 Å². The molecule has 1 unspecified atom stereocenters. The number of hydrogen-bond acceptors (Lipinski definition) is 2. The van der Waals surface area contributed by atoms with Crippen molar-refractivity contribution in [3.63, 3.8) is 0 Å². The Kier molecular flexibility index (Phi) is 3.59. The molecule has 0 spiro atoms. The molecular formula is C14H18BrN3. The number of nitrogens with zero attached hydrogens (tertiary/aromatic N) is 2. The van der Waals surface area contributed by atoms with Crippen molar-refractivity contribution in [2.75, 3.05) is 0 Å². The van der Waals surface area contributed by atoms with Crippen LogP contribution in [0.4, 0.5) is 0 Å². The Balaban J connectivity index is 2.67. The van der Waals surface area contributed by atoms with Gasteiger partial charge < -0.3 is 5.73 Å². The number of benzene rings is 1. The molecule has 2 rings (SSSR count). The van der Waals surface area contributed by atoms with Gasteiger partial charge in [0.25, 0.3) is 0 Å². The smallest absolute Gasteiger partial charge is 0.0697 e. The molecule has 0 saturated carbocycles. The maximum absolute atomic E-state index is 6.05. The van der Waals surface area contributed by atoms with Crippen molar-refractivity contribution < 1.29 is 0 Å². The lowest BCUT2D eigenvalue weighted by molar-refractivity contribution is 0.765. The van der Waals surface area contributed by atoms with Crippen molar-refractivity contribution in [3.05, 3.63) is 45.2 Å². The van der Waals surface area contributed by atoms with Crippen molar-refractivity contribution in [2.24, 2.45) is 5.73 Å². The maximum atomic E-state index is 6.05. The fourth-order valence-corrected chi connectivity index (χ4v) is 2.42. The van der Waals surface area contributed by atoms with E-state index in [4.69, 9.17) is 5.73 Å². The van der Waals surface area contributed by atoms with Gasteiger partial charge in [-0.1, -0.05) is 15.9 Å². The second-order valence-electron chi connectivity index (χ2n) is 4.70. The molecule has 3 nitrogen and oxygen atoms in total. The Bertz CT molecular complexity index is 585. The summed E-state index contributed by atoms with van der Waals surface area (Å²) in [6.45, 7) is 8.20. The summed E-state index contributed by atoms with van der Waals surface area (Å²) in [5, 5.41) is 4.60. The van der Waals surface area contributed by atoms with Crippen LogP contribution in [0.5, 0.6) is 0 Å². The Morgan fingerprint density at radius 2 is 1.94 bits per heavy atom. The fraction of sp³-hybridized carbons (Fsp3) is 0.357. The molecule has 0 saturated heterocycles. The van der Waals surface area contributed by atoms with E-state index >= 15 is 0 Å². The van der Waals surface area contributed by atoms with E-state index in [0.717, 1.165) is 27.1 Å².